The Kier molecular flexibility index (Phi) is 8.15. The molecule has 4 rings (SSSR count). The molecule has 0 atom stereocenters. The number of hydrogen-bond acceptors (Lipinski definition) is 6. The standard InChI is InChI=1S/C24H31BrN6O2/c25-20-10-4-1-7-17(20)15-27-24-28-16-19(22(30-24)29-18-8-2-3-9-18)23(33)26-12-6-14-31-13-5-11-21(31)32/h1,4,7,10,16,18H,2-3,5-6,8-9,11-15H2,(H,26,33)(H2,27,28,29,30). The number of likely N-dealkylation sites (tertiary alicyclic amines) is 1. The summed E-state index contributed by atoms with van der Waals surface area (Å²) < 4.78 is 1.02. The Morgan fingerprint density at radius 3 is 2.76 bits per heavy atom. The molecule has 0 bridgehead atoms. The van der Waals surface area contributed by atoms with Crippen LogP contribution >= 0.6 is 15.9 Å². The van der Waals surface area contributed by atoms with Gasteiger partial charge in [-0.1, -0.05) is 47.0 Å². The molecule has 2 aromatic rings. The van der Waals surface area contributed by atoms with Gasteiger partial charge >= 0.3 is 0 Å². The number of nitrogens with one attached hydrogen (secondary N) is 3. The highest BCUT2D eigenvalue weighted by atomic mass is 79.9. The highest BCUT2D eigenvalue weighted by Gasteiger charge is 2.22. The molecule has 0 spiro atoms. The Hall–Kier alpha value is -2.68. The Morgan fingerprint density at radius 1 is 1.18 bits per heavy atom. The fourth-order valence-corrected chi connectivity index (χ4v) is 4.76. The smallest absolute Gasteiger partial charge is 0.256 e. The van der Waals surface area contributed by atoms with E-state index in [1.54, 1.807) is 6.20 Å². The van der Waals surface area contributed by atoms with Gasteiger partial charge in [-0.3, -0.25) is 9.59 Å². The number of nitrogens with zero attached hydrogens (tertiary/aromatic N) is 3. The van der Waals surface area contributed by atoms with Gasteiger partial charge in [0.25, 0.3) is 5.91 Å². The average Bonchev–Trinajstić information content (AvgIpc) is 3.48. The highest BCUT2D eigenvalue weighted by molar-refractivity contribution is 9.10. The van der Waals surface area contributed by atoms with Gasteiger partial charge in [-0.2, -0.15) is 4.98 Å². The van der Waals surface area contributed by atoms with Crippen LogP contribution in [0.2, 0.25) is 0 Å². The van der Waals surface area contributed by atoms with Crippen molar-refractivity contribution in [2.75, 3.05) is 30.3 Å². The molecule has 2 fully saturated rings. The van der Waals surface area contributed by atoms with Gasteiger partial charge in [0.1, 0.15) is 11.4 Å². The van der Waals surface area contributed by atoms with Crippen molar-refractivity contribution in [3.05, 3.63) is 46.1 Å². The number of hydrogen-bond donors (Lipinski definition) is 3. The van der Waals surface area contributed by atoms with Crippen molar-refractivity contribution >= 4 is 39.5 Å². The van der Waals surface area contributed by atoms with E-state index in [0.717, 1.165) is 42.3 Å². The van der Waals surface area contributed by atoms with E-state index < -0.39 is 0 Å². The van der Waals surface area contributed by atoms with Crippen molar-refractivity contribution in [1.29, 1.82) is 0 Å². The van der Waals surface area contributed by atoms with Crippen molar-refractivity contribution in [2.45, 2.75) is 57.5 Å². The zero-order valence-corrected chi connectivity index (χ0v) is 20.4. The number of halogens is 1. The molecule has 0 radical (unpaired) electrons. The second-order valence-electron chi connectivity index (χ2n) is 8.62. The maximum atomic E-state index is 12.9. The lowest BCUT2D eigenvalue weighted by Crippen LogP contribution is -2.31. The molecule has 1 aliphatic carbocycles. The van der Waals surface area contributed by atoms with E-state index in [2.05, 4.69) is 41.8 Å². The Labute approximate surface area is 203 Å². The summed E-state index contributed by atoms with van der Waals surface area (Å²) in [6.07, 6.45) is 8.42. The first-order chi connectivity index (χ1) is 16.1. The minimum absolute atomic E-state index is 0.194. The SMILES string of the molecule is O=C(NCCCN1CCCC1=O)c1cnc(NCc2ccccc2Br)nc1NC1CCCC1. The van der Waals surface area contributed by atoms with Gasteiger partial charge in [0.05, 0.1) is 0 Å². The third kappa shape index (κ3) is 6.43. The van der Waals surface area contributed by atoms with Crippen molar-refractivity contribution in [3.63, 3.8) is 0 Å². The summed E-state index contributed by atoms with van der Waals surface area (Å²) in [4.78, 5) is 35.5. The van der Waals surface area contributed by atoms with Crippen LogP contribution in [-0.2, 0) is 11.3 Å². The van der Waals surface area contributed by atoms with Crippen LogP contribution in [0.1, 0.15) is 60.9 Å². The van der Waals surface area contributed by atoms with Gasteiger partial charge in [-0.05, 0) is 37.3 Å². The normalized spacial score (nSPS) is 16.3. The minimum Gasteiger partial charge on any atom is -0.367 e. The molecule has 1 saturated carbocycles. The van der Waals surface area contributed by atoms with E-state index >= 15 is 0 Å². The van der Waals surface area contributed by atoms with E-state index in [9.17, 15) is 9.59 Å². The third-order valence-electron chi connectivity index (χ3n) is 6.19. The van der Waals surface area contributed by atoms with E-state index in [4.69, 9.17) is 0 Å². The molecule has 1 aliphatic heterocycles. The average molecular weight is 515 g/mol. The van der Waals surface area contributed by atoms with Gasteiger partial charge in [0.2, 0.25) is 11.9 Å². The molecule has 1 aromatic heterocycles. The summed E-state index contributed by atoms with van der Waals surface area (Å²) in [7, 11) is 0. The molecule has 2 amide bonds. The molecule has 2 heterocycles. The Bertz CT molecular complexity index is 979. The molecule has 0 unspecified atom stereocenters. The summed E-state index contributed by atoms with van der Waals surface area (Å²) >= 11 is 3.56. The second-order valence-corrected chi connectivity index (χ2v) is 9.47. The zero-order valence-electron chi connectivity index (χ0n) is 18.8. The van der Waals surface area contributed by atoms with E-state index in [1.807, 2.05) is 29.2 Å². The molecule has 1 aromatic carbocycles. The molecule has 176 valence electrons. The molecule has 9 heteroatoms. The first-order valence-electron chi connectivity index (χ1n) is 11.8. The molecule has 3 N–H and O–H groups in total. The predicted octanol–water partition coefficient (Wildman–Crippen LogP) is 3.95. The van der Waals surface area contributed by atoms with Crippen LogP contribution in [0.4, 0.5) is 11.8 Å². The molecule has 2 aliphatic rings. The lowest BCUT2D eigenvalue weighted by atomic mass is 10.2. The van der Waals surface area contributed by atoms with Crippen molar-refractivity contribution in [1.82, 2.24) is 20.2 Å². The van der Waals surface area contributed by atoms with Crippen LogP contribution < -0.4 is 16.0 Å². The lowest BCUT2D eigenvalue weighted by molar-refractivity contribution is -0.127. The first kappa shape index (κ1) is 23.5. The van der Waals surface area contributed by atoms with E-state index in [-0.39, 0.29) is 11.8 Å². The monoisotopic (exact) mass is 514 g/mol. The van der Waals surface area contributed by atoms with Crippen LogP contribution in [-0.4, -0.2) is 52.4 Å². The summed E-state index contributed by atoms with van der Waals surface area (Å²) in [6.45, 7) is 2.59. The number of rotatable bonds is 10. The summed E-state index contributed by atoms with van der Waals surface area (Å²) in [5, 5.41) is 9.69. The molecule has 8 nitrogen and oxygen atoms in total. The fourth-order valence-electron chi connectivity index (χ4n) is 4.33. The topological polar surface area (TPSA) is 99.2 Å². The van der Waals surface area contributed by atoms with Gasteiger partial charge in [-0.15, -0.1) is 0 Å². The largest absolute Gasteiger partial charge is 0.367 e. The van der Waals surface area contributed by atoms with Crippen molar-refractivity contribution in [2.24, 2.45) is 0 Å². The summed E-state index contributed by atoms with van der Waals surface area (Å²) in [6, 6.07) is 8.32. The second kappa shape index (κ2) is 11.4. The third-order valence-corrected chi connectivity index (χ3v) is 6.96. The zero-order chi connectivity index (χ0) is 23.0. The molecular formula is C24H31BrN6O2. The summed E-state index contributed by atoms with van der Waals surface area (Å²) in [5.41, 5.74) is 1.55. The van der Waals surface area contributed by atoms with Crippen molar-refractivity contribution < 1.29 is 9.59 Å². The predicted molar refractivity (Wildman–Crippen MR) is 132 cm³/mol. The van der Waals surface area contributed by atoms with Crippen molar-refractivity contribution in [3.8, 4) is 0 Å². The van der Waals surface area contributed by atoms with E-state index in [0.29, 0.717) is 49.4 Å². The summed E-state index contributed by atoms with van der Waals surface area (Å²) in [5.74, 6) is 1.07. The van der Waals surface area contributed by atoms with Crippen LogP contribution in [0.25, 0.3) is 0 Å². The van der Waals surface area contributed by atoms with Crippen LogP contribution in [0.3, 0.4) is 0 Å². The fraction of sp³-hybridized carbons (Fsp3) is 0.500. The Morgan fingerprint density at radius 2 is 2.00 bits per heavy atom. The molecule has 1 saturated heterocycles. The first-order valence-corrected chi connectivity index (χ1v) is 12.6. The van der Waals surface area contributed by atoms with Gasteiger partial charge in [0, 0.05) is 49.3 Å². The number of aromatic nitrogens is 2. The van der Waals surface area contributed by atoms with Gasteiger partial charge in [-0.25, -0.2) is 4.98 Å². The van der Waals surface area contributed by atoms with Gasteiger partial charge < -0.3 is 20.9 Å². The van der Waals surface area contributed by atoms with Crippen LogP contribution in [0.15, 0.2) is 34.9 Å². The number of carbonyl (C=O) groups is 2. The van der Waals surface area contributed by atoms with E-state index in [1.165, 1.54) is 12.8 Å². The maximum Gasteiger partial charge on any atom is 0.256 e. The van der Waals surface area contributed by atoms with Crippen LogP contribution in [0.5, 0.6) is 0 Å². The number of benzene rings is 1. The lowest BCUT2D eigenvalue weighted by Gasteiger charge is -2.18. The number of amides is 2. The molecular weight excluding hydrogens is 484 g/mol. The van der Waals surface area contributed by atoms with Crippen LogP contribution in [0, 0.1) is 0 Å². The number of anilines is 2. The maximum absolute atomic E-state index is 12.9. The molecule has 33 heavy (non-hydrogen) atoms. The minimum atomic E-state index is -0.194. The van der Waals surface area contributed by atoms with Gasteiger partial charge in [0.15, 0.2) is 0 Å². The highest BCUT2D eigenvalue weighted by Crippen LogP contribution is 2.24. The number of carbonyl (C=O) groups excluding carboxylic acids is 2. The Balaban J connectivity index is 1.38. The quantitative estimate of drug-likeness (QED) is 0.415.